The second kappa shape index (κ2) is 6.23. The highest BCUT2D eigenvalue weighted by molar-refractivity contribution is 5.92. The summed E-state index contributed by atoms with van der Waals surface area (Å²) in [6.45, 7) is 3.18. The Hall–Kier alpha value is -2.30. The van der Waals surface area contributed by atoms with Crippen LogP contribution in [-0.4, -0.2) is 36.0 Å². The number of nitrogens with zero attached hydrogens (tertiary/aromatic N) is 1. The molecule has 0 aromatic heterocycles. The van der Waals surface area contributed by atoms with Crippen molar-refractivity contribution in [1.29, 1.82) is 0 Å². The number of nitrogens with one attached hydrogen (secondary N) is 1. The summed E-state index contributed by atoms with van der Waals surface area (Å²) in [7, 11) is 0. The number of rotatable bonds is 3. The second-order valence-electron chi connectivity index (χ2n) is 5.02. The molecule has 1 aromatic carbocycles. The lowest BCUT2D eigenvalue weighted by molar-refractivity contribution is -0.125. The Kier molecular flexibility index (Phi) is 4.40. The average Bonchev–Trinajstić information content (AvgIpc) is 2.85. The van der Waals surface area contributed by atoms with Crippen molar-refractivity contribution in [1.82, 2.24) is 10.2 Å². The summed E-state index contributed by atoms with van der Waals surface area (Å²) in [5, 5.41) is 2.63. The fourth-order valence-corrected chi connectivity index (χ4v) is 2.23. The molecule has 0 saturated carbocycles. The quantitative estimate of drug-likeness (QED) is 0.814. The van der Waals surface area contributed by atoms with Crippen LogP contribution >= 0.6 is 0 Å². The summed E-state index contributed by atoms with van der Waals surface area (Å²) in [5.74, 6) is -0.0423. The van der Waals surface area contributed by atoms with Gasteiger partial charge in [-0.15, -0.1) is 0 Å². The van der Waals surface area contributed by atoms with E-state index in [0.29, 0.717) is 13.1 Å². The Morgan fingerprint density at radius 2 is 2.05 bits per heavy atom. The van der Waals surface area contributed by atoms with E-state index >= 15 is 0 Å². The van der Waals surface area contributed by atoms with Gasteiger partial charge in [-0.05, 0) is 25.0 Å². The number of nitrogens with two attached hydrogens (primary N) is 1. The van der Waals surface area contributed by atoms with Crippen LogP contribution in [0.1, 0.15) is 17.5 Å². The van der Waals surface area contributed by atoms with E-state index in [1.54, 1.807) is 17.1 Å². The van der Waals surface area contributed by atoms with Crippen molar-refractivity contribution in [2.45, 2.75) is 19.4 Å². The van der Waals surface area contributed by atoms with E-state index < -0.39 is 6.03 Å². The van der Waals surface area contributed by atoms with Gasteiger partial charge in [0.15, 0.2) is 0 Å². The van der Waals surface area contributed by atoms with Gasteiger partial charge in [0.25, 0.3) is 0 Å². The fraction of sp³-hybridized carbons (Fsp3) is 0.333. The van der Waals surface area contributed by atoms with Crippen molar-refractivity contribution in [2.75, 3.05) is 13.1 Å². The topological polar surface area (TPSA) is 75.4 Å². The molecule has 0 spiro atoms. The number of likely N-dealkylation sites (tertiary alicyclic amines) is 1. The third kappa shape index (κ3) is 3.85. The Bertz CT molecular complexity index is 522. The number of hydrogen-bond donors (Lipinski definition) is 2. The van der Waals surface area contributed by atoms with E-state index in [2.05, 4.69) is 5.32 Å². The summed E-state index contributed by atoms with van der Waals surface area (Å²) in [6, 6.07) is 7.38. The molecule has 3 N–H and O–H groups in total. The summed E-state index contributed by atoms with van der Waals surface area (Å²) in [5.41, 5.74) is 7.26. The highest BCUT2D eigenvalue weighted by Crippen LogP contribution is 2.11. The zero-order valence-corrected chi connectivity index (χ0v) is 11.5. The monoisotopic (exact) mass is 273 g/mol. The molecule has 1 aliphatic rings. The summed E-state index contributed by atoms with van der Waals surface area (Å²) >= 11 is 0. The molecule has 5 heteroatoms. The highest BCUT2D eigenvalue weighted by Gasteiger charge is 2.25. The number of benzene rings is 1. The maximum atomic E-state index is 12.0. The van der Waals surface area contributed by atoms with Crippen LogP contribution in [0.5, 0.6) is 0 Å². The van der Waals surface area contributed by atoms with E-state index in [-0.39, 0.29) is 11.9 Å². The molecule has 2 rings (SSSR count). The Labute approximate surface area is 118 Å². The number of amides is 3. The minimum absolute atomic E-state index is 0.0378. The zero-order valence-electron chi connectivity index (χ0n) is 11.5. The van der Waals surface area contributed by atoms with Crippen molar-refractivity contribution >= 4 is 18.0 Å². The predicted octanol–water partition coefficient (Wildman–Crippen LogP) is 1.28. The average molecular weight is 273 g/mol. The third-order valence-electron chi connectivity index (χ3n) is 3.34. The van der Waals surface area contributed by atoms with E-state index in [1.165, 1.54) is 5.56 Å². The molecule has 0 radical (unpaired) electrons. The number of urea groups is 1. The van der Waals surface area contributed by atoms with Crippen molar-refractivity contribution < 1.29 is 9.59 Å². The SMILES string of the molecule is Cc1ccc(C=CC(=O)N2CCC(NC(N)=O)C2)cc1. The molecule has 1 aromatic rings. The van der Waals surface area contributed by atoms with E-state index in [9.17, 15) is 9.59 Å². The number of aryl methyl sites for hydroxylation is 1. The van der Waals surface area contributed by atoms with Crippen LogP contribution in [0.3, 0.4) is 0 Å². The van der Waals surface area contributed by atoms with Crippen LogP contribution in [0, 0.1) is 6.92 Å². The minimum atomic E-state index is -0.542. The largest absolute Gasteiger partial charge is 0.352 e. The first-order valence-electron chi connectivity index (χ1n) is 6.64. The van der Waals surface area contributed by atoms with Gasteiger partial charge in [0.05, 0.1) is 0 Å². The molecule has 1 atom stereocenters. The van der Waals surface area contributed by atoms with Gasteiger partial charge >= 0.3 is 6.03 Å². The summed E-state index contributed by atoms with van der Waals surface area (Å²) in [6.07, 6.45) is 4.11. The number of carbonyl (C=O) groups is 2. The Balaban J connectivity index is 1.89. The van der Waals surface area contributed by atoms with Crippen molar-refractivity contribution in [3.05, 3.63) is 41.5 Å². The van der Waals surface area contributed by atoms with Crippen LogP contribution in [0.4, 0.5) is 4.79 Å². The van der Waals surface area contributed by atoms with Crippen LogP contribution < -0.4 is 11.1 Å². The van der Waals surface area contributed by atoms with Gasteiger partial charge in [-0.2, -0.15) is 0 Å². The zero-order chi connectivity index (χ0) is 14.5. The molecule has 1 heterocycles. The molecule has 0 aliphatic carbocycles. The van der Waals surface area contributed by atoms with Gasteiger partial charge in [0, 0.05) is 25.2 Å². The third-order valence-corrected chi connectivity index (χ3v) is 3.34. The molecule has 0 bridgehead atoms. The highest BCUT2D eigenvalue weighted by atomic mass is 16.2. The van der Waals surface area contributed by atoms with Gasteiger partial charge in [0.2, 0.25) is 5.91 Å². The van der Waals surface area contributed by atoms with Crippen molar-refractivity contribution in [2.24, 2.45) is 5.73 Å². The predicted molar refractivity (Wildman–Crippen MR) is 77.9 cm³/mol. The normalized spacial score (nSPS) is 18.4. The van der Waals surface area contributed by atoms with Gasteiger partial charge in [-0.3, -0.25) is 4.79 Å². The molecular weight excluding hydrogens is 254 g/mol. The van der Waals surface area contributed by atoms with Gasteiger partial charge in [-0.1, -0.05) is 29.8 Å². The molecule has 1 saturated heterocycles. The fourth-order valence-electron chi connectivity index (χ4n) is 2.23. The summed E-state index contributed by atoms with van der Waals surface area (Å²) in [4.78, 5) is 24.5. The first-order valence-corrected chi connectivity index (χ1v) is 6.64. The van der Waals surface area contributed by atoms with E-state index in [1.807, 2.05) is 31.2 Å². The maximum absolute atomic E-state index is 12.0. The molecule has 106 valence electrons. The Morgan fingerprint density at radius 1 is 1.35 bits per heavy atom. The molecule has 5 nitrogen and oxygen atoms in total. The lowest BCUT2D eigenvalue weighted by Crippen LogP contribution is -2.40. The van der Waals surface area contributed by atoms with E-state index in [4.69, 9.17) is 5.73 Å². The molecular formula is C15H19N3O2. The standard InChI is InChI=1S/C15H19N3O2/c1-11-2-4-12(5-3-11)6-7-14(19)18-9-8-13(10-18)17-15(16)20/h2-7,13H,8-10H2,1H3,(H3,16,17,20). The Morgan fingerprint density at radius 3 is 2.70 bits per heavy atom. The van der Waals surface area contributed by atoms with Gasteiger partial charge in [-0.25, -0.2) is 4.79 Å². The molecule has 3 amide bonds. The lowest BCUT2D eigenvalue weighted by atomic mass is 10.1. The summed E-state index contributed by atoms with van der Waals surface area (Å²) < 4.78 is 0. The van der Waals surface area contributed by atoms with Gasteiger partial charge < -0.3 is 16.0 Å². The van der Waals surface area contributed by atoms with Crippen LogP contribution in [0.25, 0.3) is 6.08 Å². The van der Waals surface area contributed by atoms with Crippen molar-refractivity contribution in [3.63, 3.8) is 0 Å². The lowest BCUT2D eigenvalue weighted by Gasteiger charge is -2.14. The van der Waals surface area contributed by atoms with Crippen molar-refractivity contribution in [3.8, 4) is 0 Å². The molecule has 1 unspecified atom stereocenters. The van der Waals surface area contributed by atoms with Crippen LogP contribution in [0.2, 0.25) is 0 Å². The van der Waals surface area contributed by atoms with Gasteiger partial charge in [0.1, 0.15) is 0 Å². The molecule has 1 aliphatic heterocycles. The first kappa shape index (κ1) is 14.1. The first-order chi connectivity index (χ1) is 9.54. The number of primary amides is 1. The maximum Gasteiger partial charge on any atom is 0.312 e. The van der Waals surface area contributed by atoms with Crippen LogP contribution in [-0.2, 0) is 4.79 Å². The van der Waals surface area contributed by atoms with E-state index in [0.717, 1.165) is 12.0 Å². The van der Waals surface area contributed by atoms with Crippen LogP contribution in [0.15, 0.2) is 30.3 Å². The number of carbonyl (C=O) groups excluding carboxylic acids is 2. The molecule has 1 fully saturated rings. The second-order valence-corrected chi connectivity index (χ2v) is 5.02. The molecule has 20 heavy (non-hydrogen) atoms. The minimum Gasteiger partial charge on any atom is -0.352 e. The number of hydrogen-bond acceptors (Lipinski definition) is 2. The smallest absolute Gasteiger partial charge is 0.312 e.